The summed E-state index contributed by atoms with van der Waals surface area (Å²) in [5.41, 5.74) is 4.24. The first-order chi connectivity index (χ1) is 14.3. The molecule has 0 bridgehead atoms. The van der Waals surface area contributed by atoms with Crippen LogP contribution in [0.2, 0.25) is 0 Å². The number of sulfonamides is 1. The number of nitrogens with zero attached hydrogens (tertiary/aromatic N) is 1. The molecule has 1 atom stereocenters. The standard InChI is InChI=1S/C22H26BrN3O3S/c1-16(27)26-12-8-18-13-20(23)14-21(22(18)26)30(28,29)24-9-4-10-25-11-7-17-5-2-3-6-19(17)15-25/h2-3,5-6,13-14,24H,4,7-12,15H2,1H3/p+1. The first-order valence-corrected chi connectivity index (χ1v) is 12.6. The van der Waals surface area contributed by atoms with Crippen LogP contribution in [0.15, 0.2) is 45.8 Å². The van der Waals surface area contributed by atoms with Crippen LogP contribution < -0.4 is 14.5 Å². The number of anilines is 1. The lowest BCUT2D eigenvalue weighted by Gasteiger charge is -2.26. The molecule has 0 aliphatic carbocycles. The molecule has 0 saturated heterocycles. The smallest absolute Gasteiger partial charge is 0.242 e. The third kappa shape index (κ3) is 4.46. The summed E-state index contributed by atoms with van der Waals surface area (Å²) in [6.07, 6.45) is 2.50. The van der Waals surface area contributed by atoms with E-state index in [1.54, 1.807) is 11.0 Å². The Morgan fingerprint density at radius 2 is 1.93 bits per heavy atom. The molecule has 0 aromatic heterocycles. The average Bonchev–Trinajstić information content (AvgIpc) is 3.14. The number of hydrogen-bond donors (Lipinski definition) is 2. The summed E-state index contributed by atoms with van der Waals surface area (Å²) in [6.45, 7) is 5.37. The van der Waals surface area contributed by atoms with Crippen LogP contribution in [0.3, 0.4) is 0 Å². The number of benzene rings is 2. The summed E-state index contributed by atoms with van der Waals surface area (Å²) >= 11 is 3.41. The van der Waals surface area contributed by atoms with E-state index < -0.39 is 10.0 Å². The van der Waals surface area contributed by atoms with Crippen molar-refractivity contribution in [1.82, 2.24) is 4.72 Å². The second kappa shape index (κ2) is 8.78. The number of fused-ring (bicyclic) bond motifs is 2. The number of carbonyl (C=O) groups excluding carboxylic acids is 1. The molecule has 2 aliphatic rings. The van der Waals surface area contributed by atoms with Gasteiger partial charge in [0.25, 0.3) is 0 Å². The van der Waals surface area contributed by atoms with E-state index in [4.69, 9.17) is 0 Å². The van der Waals surface area contributed by atoms with Crippen molar-refractivity contribution in [2.75, 3.05) is 31.1 Å². The lowest BCUT2D eigenvalue weighted by Crippen LogP contribution is -3.11. The molecule has 1 unspecified atom stereocenters. The van der Waals surface area contributed by atoms with Crippen LogP contribution in [-0.4, -0.2) is 40.5 Å². The normalized spacial score (nSPS) is 18.2. The van der Waals surface area contributed by atoms with Gasteiger partial charge in [-0.3, -0.25) is 4.79 Å². The number of amides is 1. The largest absolute Gasteiger partial charge is 0.331 e. The lowest BCUT2D eigenvalue weighted by molar-refractivity contribution is -0.916. The molecule has 0 spiro atoms. The molecule has 2 aromatic rings. The average molecular weight is 493 g/mol. The quantitative estimate of drug-likeness (QED) is 0.602. The molecule has 0 radical (unpaired) electrons. The topological polar surface area (TPSA) is 70.9 Å². The highest BCUT2D eigenvalue weighted by Crippen LogP contribution is 2.37. The minimum atomic E-state index is -3.71. The van der Waals surface area contributed by atoms with Gasteiger partial charge in [-0.2, -0.15) is 0 Å². The van der Waals surface area contributed by atoms with Crippen LogP contribution in [-0.2, 0) is 34.2 Å². The maximum Gasteiger partial charge on any atom is 0.242 e. The van der Waals surface area contributed by atoms with Gasteiger partial charge in [0.05, 0.1) is 18.8 Å². The zero-order valence-electron chi connectivity index (χ0n) is 17.1. The molecular weight excluding hydrogens is 466 g/mol. The Kier molecular flexibility index (Phi) is 6.29. The number of halogens is 1. The summed E-state index contributed by atoms with van der Waals surface area (Å²) < 4.78 is 29.6. The molecule has 160 valence electrons. The second-order valence-corrected chi connectivity index (χ2v) is 10.7. The van der Waals surface area contributed by atoms with Crippen molar-refractivity contribution in [1.29, 1.82) is 0 Å². The molecule has 0 fully saturated rings. The Hall–Kier alpha value is -1.74. The number of quaternary nitrogens is 1. The SMILES string of the molecule is CC(=O)N1CCc2cc(Br)cc(S(=O)(=O)NCCC[NH+]3CCc4ccccc4C3)c21. The van der Waals surface area contributed by atoms with Gasteiger partial charge in [0.2, 0.25) is 15.9 Å². The molecule has 0 saturated carbocycles. The highest BCUT2D eigenvalue weighted by atomic mass is 79.9. The van der Waals surface area contributed by atoms with E-state index >= 15 is 0 Å². The Morgan fingerprint density at radius 1 is 1.17 bits per heavy atom. The summed E-state index contributed by atoms with van der Waals surface area (Å²) in [6, 6.07) is 12.0. The molecule has 6 nitrogen and oxygen atoms in total. The minimum absolute atomic E-state index is 0.137. The van der Waals surface area contributed by atoms with Crippen molar-refractivity contribution in [3.8, 4) is 0 Å². The van der Waals surface area contributed by atoms with Crippen molar-refractivity contribution in [3.05, 3.63) is 57.6 Å². The predicted molar refractivity (Wildman–Crippen MR) is 120 cm³/mol. The summed E-state index contributed by atoms with van der Waals surface area (Å²) in [5.74, 6) is -0.137. The van der Waals surface area contributed by atoms with E-state index in [1.165, 1.54) is 23.0 Å². The first kappa shape index (κ1) is 21.5. The third-order valence-electron chi connectivity index (χ3n) is 5.97. The van der Waals surface area contributed by atoms with Crippen molar-refractivity contribution < 1.29 is 18.1 Å². The minimum Gasteiger partial charge on any atom is -0.331 e. The van der Waals surface area contributed by atoms with Gasteiger partial charge in [0, 0.05) is 42.9 Å². The molecule has 2 heterocycles. The fourth-order valence-corrected chi connectivity index (χ4v) is 6.47. The van der Waals surface area contributed by atoms with E-state index in [9.17, 15) is 13.2 Å². The zero-order chi connectivity index (χ0) is 21.3. The van der Waals surface area contributed by atoms with Crippen LogP contribution in [0.1, 0.15) is 30.0 Å². The van der Waals surface area contributed by atoms with Crippen LogP contribution >= 0.6 is 15.9 Å². The highest BCUT2D eigenvalue weighted by molar-refractivity contribution is 9.10. The molecule has 2 N–H and O–H groups in total. The molecule has 8 heteroatoms. The maximum absolute atomic E-state index is 13.1. The van der Waals surface area contributed by atoms with Gasteiger partial charge in [-0.25, -0.2) is 13.1 Å². The van der Waals surface area contributed by atoms with Crippen molar-refractivity contribution in [3.63, 3.8) is 0 Å². The maximum atomic E-state index is 13.1. The Labute approximate surface area is 186 Å². The number of hydrogen-bond acceptors (Lipinski definition) is 3. The number of rotatable bonds is 6. The molecule has 1 amide bonds. The number of nitrogens with one attached hydrogen (secondary N) is 2. The van der Waals surface area contributed by atoms with Gasteiger partial charge in [0.15, 0.2) is 0 Å². The lowest BCUT2D eigenvalue weighted by atomic mass is 10.00. The van der Waals surface area contributed by atoms with Crippen molar-refractivity contribution in [2.24, 2.45) is 0 Å². The van der Waals surface area contributed by atoms with E-state index in [0.717, 1.165) is 38.0 Å². The fraction of sp³-hybridized carbons (Fsp3) is 0.409. The Bertz CT molecular complexity index is 1070. The Balaban J connectivity index is 1.40. The summed E-state index contributed by atoms with van der Waals surface area (Å²) in [4.78, 5) is 15.2. The van der Waals surface area contributed by atoms with Crippen LogP contribution in [0.5, 0.6) is 0 Å². The highest BCUT2D eigenvalue weighted by Gasteiger charge is 2.31. The van der Waals surface area contributed by atoms with Gasteiger partial charge >= 0.3 is 0 Å². The monoisotopic (exact) mass is 492 g/mol. The summed E-state index contributed by atoms with van der Waals surface area (Å²) in [5, 5.41) is 0. The van der Waals surface area contributed by atoms with E-state index in [2.05, 4.69) is 44.9 Å². The second-order valence-electron chi connectivity index (χ2n) is 8.03. The van der Waals surface area contributed by atoms with Crippen LogP contribution in [0, 0.1) is 0 Å². The molecule has 30 heavy (non-hydrogen) atoms. The molecule has 4 rings (SSSR count). The van der Waals surface area contributed by atoms with E-state index in [-0.39, 0.29) is 10.8 Å². The van der Waals surface area contributed by atoms with Gasteiger partial charge in [-0.1, -0.05) is 40.2 Å². The fourth-order valence-electron chi connectivity index (χ4n) is 4.47. The third-order valence-corrected chi connectivity index (χ3v) is 7.90. The van der Waals surface area contributed by atoms with Gasteiger partial charge < -0.3 is 9.80 Å². The van der Waals surface area contributed by atoms with Gasteiger partial charge in [-0.05, 0) is 29.7 Å². The van der Waals surface area contributed by atoms with Crippen LogP contribution in [0.4, 0.5) is 5.69 Å². The van der Waals surface area contributed by atoms with Crippen molar-refractivity contribution >= 4 is 37.5 Å². The Morgan fingerprint density at radius 3 is 2.70 bits per heavy atom. The van der Waals surface area contributed by atoms with Crippen LogP contribution in [0.25, 0.3) is 0 Å². The van der Waals surface area contributed by atoms with Crippen molar-refractivity contribution in [2.45, 2.75) is 37.6 Å². The molecule has 2 aliphatic heterocycles. The predicted octanol–water partition coefficient (Wildman–Crippen LogP) is 1.67. The molecular formula is C22H27BrN3O3S+. The first-order valence-electron chi connectivity index (χ1n) is 10.4. The van der Waals surface area contributed by atoms with E-state index in [0.29, 0.717) is 29.7 Å². The van der Waals surface area contributed by atoms with E-state index in [1.807, 2.05) is 6.07 Å². The summed E-state index contributed by atoms with van der Waals surface area (Å²) in [7, 11) is -3.71. The van der Waals surface area contributed by atoms with Gasteiger partial charge in [-0.15, -0.1) is 0 Å². The molecule has 2 aromatic carbocycles. The van der Waals surface area contributed by atoms with Gasteiger partial charge in [0.1, 0.15) is 11.4 Å². The zero-order valence-corrected chi connectivity index (χ0v) is 19.5. The number of carbonyl (C=O) groups is 1.